The first kappa shape index (κ1) is 19.8. The molecule has 1 saturated heterocycles. The molecule has 9 nitrogen and oxygen atoms in total. The van der Waals surface area contributed by atoms with E-state index in [-0.39, 0.29) is 36.1 Å². The van der Waals surface area contributed by atoms with Gasteiger partial charge in [0.15, 0.2) is 0 Å². The average Bonchev–Trinajstić information content (AvgIpc) is 3.11. The van der Waals surface area contributed by atoms with Gasteiger partial charge in [-0.25, -0.2) is 13.1 Å². The molecule has 0 saturated carbocycles. The summed E-state index contributed by atoms with van der Waals surface area (Å²) >= 11 is 0. The van der Waals surface area contributed by atoms with E-state index in [2.05, 4.69) is 19.7 Å². The van der Waals surface area contributed by atoms with Gasteiger partial charge < -0.3 is 0 Å². The van der Waals surface area contributed by atoms with E-state index in [4.69, 9.17) is 0 Å². The number of hydrogen-bond donors (Lipinski definition) is 1. The summed E-state index contributed by atoms with van der Waals surface area (Å²) in [6, 6.07) is 9.14. The summed E-state index contributed by atoms with van der Waals surface area (Å²) in [5.41, 5.74) is 2.16. The maximum Gasteiger partial charge on any atom is 0.240 e. The van der Waals surface area contributed by atoms with Gasteiger partial charge in [0, 0.05) is 43.2 Å². The van der Waals surface area contributed by atoms with E-state index >= 15 is 0 Å². The van der Waals surface area contributed by atoms with Crippen LogP contribution in [0.4, 0.5) is 5.69 Å². The molecule has 0 unspecified atom stereocenters. The summed E-state index contributed by atoms with van der Waals surface area (Å²) in [5.74, 6) is -0.583. The average molecular weight is 423 g/mol. The lowest BCUT2D eigenvalue weighted by Crippen LogP contribution is -2.28. The number of imide groups is 1. The number of hydrogen-bond acceptors (Lipinski definition) is 7. The third-order valence-electron chi connectivity index (χ3n) is 4.61. The van der Waals surface area contributed by atoms with Crippen molar-refractivity contribution in [2.45, 2.75) is 24.3 Å². The molecule has 1 N–H and O–H groups in total. The Morgan fingerprint density at radius 1 is 0.867 bits per heavy atom. The molecule has 10 heteroatoms. The Balaban J connectivity index is 1.52. The van der Waals surface area contributed by atoms with Gasteiger partial charge in [-0.3, -0.25) is 29.4 Å². The molecule has 1 aliphatic rings. The molecule has 0 spiro atoms. The fourth-order valence-electron chi connectivity index (χ4n) is 3.13. The normalized spacial score (nSPS) is 14.3. The fourth-order valence-corrected chi connectivity index (χ4v) is 4.12. The zero-order valence-corrected chi connectivity index (χ0v) is 16.5. The molecule has 3 heterocycles. The van der Waals surface area contributed by atoms with Gasteiger partial charge in [0.1, 0.15) is 0 Å². The topological polar surface area (TPSA) is 122 Å². The van der Waals surface area contributed by atoms with Crippen molar-refractivity contribution in [3.05, 3.63) is 66.9 Å². The molecule has 4 rings (SSSR count). The summed E-state index contributed by atoms with van der Waals surface area (Å²) in [4.78, 5) is 37.3. The Labute approximate surface area is 172 Å². The molecule has 152 valence electrons. The van der Waals surface area contributed by atoms with E-state index in [0.29, 0.717) is 17.1 Å². The van der Waals surface area contributed by atoms with Gasteiger partial charge in [-0.1, -0.05) is 0 Å². The van der Waals surface area contributed by atoms with E-state index in [1.165, 1.54) is 36.7 Å². The molecule has 1 aliphatic heterocycles. The minimum Gasteiger partial charge on any atom is -0.274 e. The molecule has 3 aromatic rings. The molecular formula is C20H17N5O4S. The van der Waals surface area contributed by atoms with Crippen LogP contribution in [0.3, 0.4) is 0 Å². The standard InChI is InChI=1S/C20H17N5O4S/c26-18-5-6-19(27)25(18)15-1-3-16(4-2-15)30(28,29)24-13-17-20(23-12-11-22-17)14-7-9-21-10-8-14/h1-4,7-12,24H,5-6,13H2. The number of nitrogens with one attached hydrogen (secondary N) is 1. The van der Waals surface area contributed by atoms with Crippen molar-refractivity contribution < 1.29 is 18.0 Å². The first-order valence-electron chi connectivity index (χ1n) is 9.11. The van der Waals surface area contributed by atoms with E-state index in [0.717, 1.165) is 10.5 Å². The van der Waals surface area contributed by atoms with Crippen molar-refractivity contribution in [2.75, 3.05) is 4.90 Å². The molecule has 0 bridgehead atoms. The second-order valence-electron chi connectivity index (χ2n) is 6.53. The number of carbonyl (C=O) groups excluding carboxylic acids is 2. The number of sulfonamides is 1. The SMILES string of the molecule is O=C1CCC(=O)N1c1ccc(S(=O)(=O)NCc2nccnc2-c2ccncc2)cc1. The summed E-state index contributed by atoms with van der Waals surface area (Å²) < 4.78 is 27.9. The van der Waals surface area contributed by atoms with Crippen LogP contribution in [0, 0.1) is 0 Å². The zero-order chi connectivity index (χ0) is 21.1. The van der Waals surface area contributed by atoms with Crippen molar-refractivity contribution in [3.8, 4) is 11.3 Å². The van der Waals surface area contributed by atoms with Gasteiger partial charge in [-0.2, -0.15) is 0 Å². The van der Waals surface area contributed by atoms with Crippen molar-refractivity contribution >= 4 is 27.5 Å². The highest BCUT2D eigenvalue weighted by Gasteiger charge is 2.30. The summed E-state index contributed by atoms with van der Waals surface area (Å²) in [5, 5.41) is 0. The van der Waals surface area contributed by atoms with Crippen molar-refractivity contribution in [1.29, 1.82) is 0 Å². The number of benzene rings is 1. The third-order valence-corrected chi connectivity index (χ3v) is 6.03. The molecule has 1 aromatic carbocycles. The van der Waals surface area contributed by atoms with Crippen LogP contribution in [0.2, 0.25) is 0 Å². The first-order chi connectivity index (χ1) is 14.5. The highest BCUT2D eigenvalue weighted by Crippen LogP contribution is 2.24. The Kier molecular flexibility index (Phi) is 5.34. The quantitative estimate of drug-likeness (QED) is 0.598. The highest BCUT2D eigenvalue weighted by molar-refractivity contribution is 7.89. The van der Waals surface area contributed by atoms with Gasteiger partial charge in [-0.05, 0) is 36.4 Å². The van der Waals surface area contributed by atoms with E-state index in [1.54, 1.807) is 24.5 Å². The van der Waals surface area contributed by atoms with Crippen LogP contribution >= 0.6 is 0 Å². The Hall–Kier alpha value is -3.50. The number of nitrogens with zero attached hydrogens (tertiary/aromatic N) is 4. The van der Waals surface area contributed by atoms with Crippen molar-refractivity contribution in [3.63, 3.8) is 0 Å². The maximum absolute atomic E-state index is 12.7. The molecule has 2 aromatic heterocycles. The highest BCUT2D eigenvalue weighted by atomic mass is 32.2. The van der Waals surface area contributed by atoms with Gasteiger partial charge in [0.25, 0.3) is 0 Å². The largest absolute Gasteiger partial charge is 0.274 e. The second kappa shape index (κ2) is 8.09. The Bertz CT molecular complexity index is 1180. The number of rotatable bonds is 6. The molecular weight excluding hydrogens is 406 g/mol. The van der Waals surface area contributed by atoms with Crippen molar-refractivity contribution in [2.24, 2.45) is 0 Å². The van der Waals surface area contributed by atoms with Crippen LogP contribution in [-0.4, -0.2) is 35.2 Å². The predicted octanol–water partition coefficient (Wildman–Crippen LogP) is 1.67. The van der Waals surface area contributed by atoms with E-state index in [1.807, 2.05) is 0 Å². The fraction of sp³-hybridized carbons (Fsp3) is 0.150. The third kappa shape index (κ3) is 3.95. The number of carbonyl (C=O) groups is 2. The number of anilines is 1. The predicted molar refractivity (Wildman–Crippen MR) is 107 cm³/mol. The van der Waals surface area contributed by atoms with Crippen LogP contribution in [0.1, 0.15) is 18.5 Å². The molecule has 2 amide bonds. The monoisotopic (exact) mass is 423 g/mol. The summed E-state index contributed by atoms with van der Waals surface area (Å²) in [6.07, 6.45) is 6.60. The van der Waals surface area contributed by atoms with E-state index < -0.39 is 10.0 Å². The van der Waals surface area contributed by atoms with Gasteiger partial charge >= 0.3 is 0 Å². The van der Waals surface area contributed by atoms with Crippen LogP contribution in [-0.2, 0) is 26.2 Å². The van der Waals surface area contributed by atoms with Gasteiger partial charge in [-0.15, -0.1) is 0 Å². The molecule has 30 heavy (non-hydrogen) atoms. The summed E-state index contributed by atoms with van der Waals surface area (Å²) in [6.45, 7) is -0.0569. The summed E-state index contributed by atoms with van der Waals surface area (Å²) in [7, 11) is -3.84. The Morgan fingerprint density at radius 3 is 2.17 bits per heavy atom. The van der Waals surface area contributed by atoms with Crippen molar-refractivity contribution in [1.82, 2.24) is 19.7 Å². The van der Waals surface area contributed by atoms with E-state index in [9.17, 15) is 18.0 Å². The first-order valence-corrected chi connectivity index (χ1v) is 10.6. The van der Waals surface area contributed by atoms with Crippen LogP contribution < -0.4 is 9.62 Å². The van der Waals surface area contributed by atoms with Gasteiger partial charge in [0.2, 0.25) is 21.8 Å². The molecule has 0 radical (unpaired) electrons. The zero-order valence-electron chi connectivity index (χ0n) is 15.7. The molecule has 0 aliphatic carbocycles. The second-order valence-corrected chi connectivity index (χ2v) is 8.30. The van der Waals surface area contributed by atoms with Crippen LogP contribution in [0.15, 0.2) is 66.1 Å². The Morgan fingerprint density at radius 2 is 1.50 bits per heavy atom. The minimum atomic E-state index is -3.84. The molecule has 1 fully saturated rings. The maximum atomic E-state index is 12.7. The number of pyridine rings is 1. The van der Waals surface area contributed by atoms with Gasteiger partial charge in [0.05, 0.1) is 28.5 Å². The minimum absolute atomic E-state index is 0.0136. The number of amides is 2. The number of aromatic nitrogens is 3. The lowest BCUT2D eigenvalue weighted by atomic mass is 10.1. The lowest BCUT2D eigenvalue weighted by molar-refractivity contribution is -0.121. The van der Waals surface area contributed by atoms with Crippen LogP contribution in [0.25, 0.3) is 11.3 Å². The lowest BCUT2D eigenvalue weighted by Gasteiger charge is -2.14. The van der Waals surface area contributed by atoms with Crippen LogP contribution in [0.5, 0.6) is 0 Å². The molecule has 0 atom stereocenters. The smallest absolute Gasteiger partial charge is 0.240 e.